The summed E-state index contributed by atoms with van der Waals surface area (Å²) in [4.78, 5) is 14.2. The van der Waals surface area contributed by atoms with Gasteiger partial charge in [-0.3, -0.25) is 4.79 Å². The number of nitrogens with zero attached hydrogens (tertiary/aromatic N) is 3. The standard InChI is InChI=1S/C23H29N5O/c1-16-9-11-19(12-10-16)28-18(3)23(17(2)25-28)24-22(29)15-27-14-6-8-21(27)20-7-5-13-26(20)4/h5,7,9-13,21H,6,8,14-15H2,1-4H3,(H,24,29)/p+1/t21-/m0/s1. The highest BCUT2D eigenvalue weighted by Gasteiger charge is 2.33. The Kier molecular flexibility index (Phi) is 5.28. The summed E-state index contributed by atoms with van der Waals surface area (Å²) in [5, 5.41) is 7.79. The molecule has 6 nitrogen and oxygen atoms in total. The van der Waals surface area contributed by atoms with E-state index in [-0.39, 0.29) is 5.91 Å². The third-order valence-corrected chi connectivity index (χ3v) is 6.05. The van der Waals surface area contributed by atoms with E-state index < -0.39 is 0 Å². The summed E-state index contributed by atoms with van der Waals surface area (Å²) in [5.74, 6) is 0.0516. The minimum atomic E-state index is 0.0516. The van der Waals surface area contributed by atoms with Crippen molar-refractivity contribution in [2.24, 2.45) is 7.05 Å². The predicted molar refractivity (Wildman–Crippen MR) is 114 cm³/mol. The molecule has 1 fully saturated rings. The van der Waals surface area contributed by atoms with Gasteiger partial charge in [0.1, 0.15) is 6.04 Å². The Morgan fingerprint density at radius 2 is 1.97 bits per heavy atom. The molecule has 3 aromatic rings. The van der Waals surface area contributed by atoms with E-state index in [4.69, 9.17) is 0 Å². The van der Waals surface area contributed by atoms with Crippen molar-refractivity contribution in [2.75, 3.05) is 18.4 Å². The minimum absolute atomic E-state index is 0.0516. The summed E-state index contributed by atoms with van der Waals surface area (Å²) in [6.45, 7) is 7.53. The van der Waals surface area contributed by atoms with Crippen LogP contribution in [0.4, 0.5) is 5.69 Å². The summed E-state index contributed by atoms with van der Waals surface area (Å²) >= 11 is 0. The topological polar surface area (TPSA) is 56.3 Å². The molecule has 0 bridgehead atoms. The number of hydrogen-bond donors (Lipinski definition) is 2. The first-order chi connectivity index (χ1) is 13.9. The number of carbonyl (C=O) groups is 1. The Morgan fingerprint density at radius 1 is 1.21 bits per heavy atom. The van der Waals surface area contributed by atoms with Gasteiger partial charge in [0, 0.05) is 26.1 Å². The summed E-state index contributed by atoms with van der Waals surface area (Å²) in [7, 11) is 2.08. The Labute approximate surface area is 172 Å². The van der Waals surface area contributed by atoms with Gasteiger partial charge in [0.15, 0.2) is 6.54 Å². The van der Waals surface area contributed by atoms with Gasteiger partial charge in [0.25, 0.3) is 5.91 Å². The van der Waals surface area contributed by atoms with Crippen molar-refractivity contribution >= 4 is 11.6 Å². The van der Waals surface area contributed by atoms with E-state index >= 15 is 0 Å². The zero-order valence-electron chi connectivity index (χ0n) is 17.7. The molecule has 152 valence electrons. The Bertz CT molecular complexity index is 1010. The molecule has 0 aliphatic carbocycles. The quantitative estimate of drug-likeness (QED) is 0.701. The fourth-order valence-electron chi connectivity index (χ4n) is 4.47. The van der Waals surface area contributed by atoms with Crippen LogP contribution in [0.25, 0.3) is 5.69 Å². The number of likely N-dealkylation sites (tertiary alicyclic amines) is 1. The van der Waals surface area contributed by atoms with E-state index in [1.165, 1.54) is 16.2 Å². The van der Waals surface area contributed by atoms with Crippen molar-refractivity contribution in [1.82, 2.24) is 14.3 Å². The van der Waals surface area contributed by atoms with E-state index in [1.807, 2.05) is 18.5 Å². The number of benzene rings is 1. The number of rotatable bonds is 5. The molecule has 1 saturated heterocycles. The summed E-state index contributed by atoms with van der Waals surface area (Å²) in [6.07, 6.45) is 4.36. The molecule has 6 heteroatoms. The Balaban J connectivity index is 1.49. The third-order valence-electron chi connectivity index (χ3n) is 6.05. The van der Waals surface area contributed by atoms with Gasteiger partial charge in [-0.2, -0.15) is 5.10 Å². The van der Waals surface area contributed by atoms with E-state index in [9.17, 15) is 4.79 Å². The van der Waals surface area contributed by atoms with Crippen molar-refractivity contribution in [3.8, 4) is 5.69 Å². The zero-order valence-corrected chi connectivity index (χ0v) is 17.7. The number of carbonyl (C=O) groups excluding carboxylic acids is 1. The van der Waals surface area contributed by atoms with Crippen molar-refractivity contribution in [1.29, 1.82) is 0 Å². The lowest BCUT2D eigenvalue weighted by molar-refractivity contribution is -0.910. The second-order valence-electron chi connectivity index (χ2n) is 8.17. The lowest BCUT2D eigenvalue weighted by atomic mass is 10.1. The van der Waals surface area contributed by atoms with E-state index in [2.05, 4.69) is 71.5 Å². The summed E-state index contributed by atoms with van der Waals surface area (Å²) < 4.78 is 4.08. The molecule has 2 aromatic heterocycles. The highest BCUT2D eigenvalue weighted by molar-refractivity contribution is 5.92. The van der Waals surface area contributed by atoms with Crippen LogP contribution in [0, 0.1) is 20.8 Å². The first-order valence-corrected chi connectivity index (χ1v) is 10.3. The smallest absolute Gasteiger partial charge is 0.279 e. The molecule has 0 radical (unpaired) electrons. The molecule has 1 unspecified atom stereocenters. The average Bonchev–Trinajstić information content (AvgIpc) is 3.38. The van der Waals surface area contributed by atoms with Crippen LogP contribution in [0.1, 0.15) is 41.5 Å². The van der Waals surface area contributed by atoms with Gasteiger partial charge < -0.3 is 14.8 Å². The maximum atomic E-state index is 12.9. The lowest BCUT2D eigenvalue weighted by Gasteiger charge is -2.21. The highest BCUT2D eigenvalue weighted by Crippen LogP contribution is 2.23. The molecular formula is C23H30N5O+. The third kappa shape index (κ3) is 3.85. The lowest BCUT2D eigenvalue weighted by Crippen LogP contribution is -3.11. The summed E-state index contributed by atoms with van der Waals surface area (Å²) in [5.41, 5.74) is 6.15. The van der Waals surface area contributed by atoms with Crippen molar-refractivity contribution in [2.45, 2.75) is 39.7 Å². The minimum Gasteiger partial charge on any atom is -0.350 e. The second kappa shape index (κ2) is 7.87. The molecular weight excluding hydrogens is 362 g/mol. The number of nitrogens with one attached hydrogen (secondary N) is 2. The largest absolute Gasteiger partial charge is 0.350 e. The molecule has 1 aliphatic rings. The first kappa shape index (κ1) is 19.5. The number of aryl methyl sites for hydroxylation is 3. The van der Waals surface area contributed by atoms with Crippen LogP contribution >= 0.6 is 0 Å². The molecule has 1 aromatic carbocycles. The van der Waals surface area contributed by atoms with Crippen LogP contribution in [0.5, 0.6) is 0 Å². The number of anilines is 1. The summed E-state index contributed by atoms with van der Waals surface area (Å²) in [6, 6.07) is 12.9. The van der Waals surface area contributed by atoms with Gasteiger partial charge in [-0.15, -0.1) is 0 Å². The number of hydrogen-bond acceptors (Lipinski definition) is 2. The molecule has 1 amide bonds. The van der Waals surface area contributed by atoms with Crippen molar-refractivity contribution < 1.29 is 9.69 Å². The van der Waals surface area contributed by atoms with E-state index in [1.54, 1.807) is 0 Å². The highest BCUT2D eigenvalue weighted by atomic mass is 16.2. The molecule has 4 rings (SSSR count). The molecule has 2 N–H and O–H groups in total. The molecule has 0 spiro atoms. The maximum absolute atomic E-state index is 12.9. The Hall–Kier alpha value is -2.86. The van der Waals surface area contributed by atoms with Gasteiger partial charge in [-0.1, -0.05) is 17.7 Å². The SMILES string of the molecule is Cc1ccc(-n2nc(C)c(NC(=O)C[NH+]3CCC[C@H]3c3cccn3C)c2C)cc1. The van der Waals surface area contributed by atoms with Gasteiger partial charge in [-0.05, 0) is 45.0 Å². The van der Waals surface area contributed by atoms with Crippen LogP contribution in [-0.4, -0.2) is 33.3 Å². The monoisotopic (exact) mass is 392 g/mol. The van der Waals surface area contributed by atoms with Gasteiger partial charge >= 0.3 is 0 Å². The van der Waals surface area contributed by atoms with Crippen molar-refractivity contribution in [3.05, 3.63) is 65.2 Å². The first-order valence-electron chi connectivity index (χ1n) is 10.3. The maximum Gasteiger partial charge on any atom is 0.279 e. The molecule has 29 heavy (non-hydrogen) atoms. The normalized spacial score (nSPS) is 18.9. The average molecular weight is 393 g/mol. The van der Waals surface area contributed by atoms with E-state index in [0.717, 1.165) is 42.1 Å². The van der Waals surface area contributed by atoms with Gasteiger partial charge in [-0.25, -0.2) is 4.68 Å². The number of quaternary nitrogens is 1. The van der Waals surface area contributed by atoms with Crippen LogP contribution < -0.4 is 10.2 Å². The van der Waals surface area contributed by atoms with Crippen LogP contribution in [0.15, 0.2) is 42.6 Å². The molecule has 2 atom stereocenters. The van der Waals surface area contributed by atoms with Crippen LogP contribution in [0.2, 0.25) is 0 Å². The Morgan fingerprint density at radius 3 is 2.66 bits per heavy atom. The predicted octanol–water partition coefficient (Wildman–Crippen LogP) is 2.49. The van der Waals surface area contributed by atoms with Gasteiger partial charge in [0.05, 0.1) is 35.0 Å². The fraction of sp³-hybridized carbons (Fsp3) is 0.391. The van der Waals surface area contributed by atoms with Crippen LogP contribution in [0.3, 0.4) is 0 Å². The molecule has 3 heterocycles. The zero-order chi connectivity index (χ0) is 20.5. The molecule has 1 aliphatic heterocycles. The number of amides is 1. The van der Waals surface area contributed by atoms with Gasteiger partial charge in [0.2, 0.25) is 0 Å². The van der Waals surface area contributed by atoms with E-state index in [0.29, 0.717) is 12.6 Å². The fourth-order valence-corrected chi connectivity index (χ4v) is 4.47. The van der Waals surface area contributed by atoms with Crippen molar-refractivity contribution in [3.63, 3.8) is 0 Å². The van der Waals surface area contributed by atoms with Crippen LogP contribution in [-0.2, 0) is 11.8 Å². The molecule has 0 saturated carbocycles. The second-order valence-corrected chi connectivity index (χ2v) is 8.17. The number of aromatic nitrogens is 3.